The second-order valence-corrected chi connectivity index (χ2v) is 5.01. The van der Waals surface area contributed by atoms with E-state index in [4.69, 9.17) is 0 Å². The molecule has 0 aromatic carbocycles. The molecule has 3 rings (SSSR count). The molecule has 2 aliphatic carbocycles. The van der Waals surface area contributed by atoms with E-state index in [-0.39, 0.29) is 0 Å². The summed E-state index contributed by atoms with van der Waals surface area (Å²) in [7, 11) is 1.95. The number of nitrogens with one attached hydrogen (secondary N) is 1. The monoisotopic (exact) mass is 206 g/mol. The zero-order chi connectivity index (χ0) is 10.3. The number of rotatable bonds is 3. The number of hydrogen-bond donors (Lipinski definition) is 1. The normalized spacial score (nSPS) is 33.8. The van der Waals surface area contributed by atoms with Crippen LogP contribution in [-0.4, -0.2) is 21.0 Å². The third-order valence-electron chi connectivity index (χ3n) is 4.09. The molecule has 2 bridgehead atoms. The van der Waals surface area contributed by atoms with E-state index < -0.39 is 0 Å². The first-order chi connectivity index (χ1) is 7.33. The van der Waals surface area contributed by atoms with E-state index in [0.717, 1.165) is 24.4 Å². The van der Waals surface area contributed by atoms with Crippen LogP contribution in [0, 0.1) is 11.8 Å². The molecule has 1 N–H and O–H groups in total. The van der Waals surface area contributed by atoms with E-state index in [0.29, 0.717) is 0 Å². The Morgan fingerprint density at radius 1 is 1.47 bits per heavy atom. The summed E-state index contributed by atoms with van der Waals surface area (Å²) in [5.74, 6) is 1.95. The summed E-state index contributed by atoms with van der Waals surface area (Å²) in [6.45, 7) is 0.914. The maximum absolute atomic E-state index is 3.94. The van der Waals surface area contributed by atoms with E-state index in [2.05, 4.69) is 15.6 Å². The molecule has 2 fully saturated rings. The number of aromatic nitrogens is 3. The summed E-state index contributed by atoms with van der Waals surface area (Å²) in [6, 6.07) is 0.749. The van der Waals surface area contributed by atoms with Gasteiger partial charge in [0.25, 0.3) is 0 Å². The molecular weight excluding hydrogens is 188 g/mol. The van der Waals surface area contributed by atoms with Crippen LogP contribution >= 0.6 is 0 Å². The summed E-state index contributed by atoms with van der Waals surface area (Å²) in [6.07, 6.45) is 7.60. The lowest BCUT2D eigenvalue weighted by molar-refractivity contribution is 0.347. The van der Waals surface area contributed by atoms with Crippen LogP contribution in [-0.2, 0) is 13.6 Å². The molecule has 82 valence electrons. The molecular formula is C11H18N4. The molecule has 2 aliphatic rings. The first-order valence-electron chi connectivity index (χ1n) is 5.90. The topological polar surface area (TPSA) is 42.7 Å². The largest absolute Gasteiger partial charge is 0.308 e. The second kappa shape index (κ2) is 3.59. The minimum Gasteiger partial charge on any atom is -0.308 e. The lowest BCUT2D eigenvalue weighted by Gasteiger charge is -2.22. The molecule has 4 nitrogen and oxygen atoms in total. The molecule has 0 aliphatic heterocycles. The lowest BCUT2D eigenvalue weighted by atomic mass is 9.95. The predicted molar refractivity (Wildman–Crippen MR) is 57.1 cm³/mol. The Morgan fingerprint density at radius 2 is 2.40 bits per heavy atom. The Hall–Kier alpha value is -0.900. The van der Waals surface area contributed by atoms with Gasteiger partial charge in [-0.05, 0) is 31.1 Å². The van der Waals surface area contributed by atoms with Crippen LogP contribution in [0.15, 0.2) is 6.20 Å². The fraction of sp³-hybridized carbons (Fsp3) is 0.818. The van der Waals surface area contributed by atoms with E-state index in [1.165, 1.54) is 31.4 Å². The molecule has 0 spiro atoms. The van der Waals surface area contributed by atoms with Gasteiger partial charge in [-0.2, -0.15) is 0 Å². The molecule has 15 heavy (non-hydrogen) atoms. The highest BCUT2D eigenvalue weighted by Crippen LogP contribution is 2.44. The van der Waals surface area contributed by atoms with Gasteiger partial charge in [0.05, 0.1) is 11.9 Å². The fourth-order valence-electron chi connectivity index (χ4n) is 3.20. The number of aryl methyl sites for hydroxylation is 1. The first-order valence-corrected chi connectivity index (χ1v) is 5.90. The van der Waals surface area contributed by atoms with Crippen molar-refractivity contribution in [2.24, 2.45) is 18.9 Å². The zero-order valence-electron chi connectivity index (χ0n) is 9.19. The quantitative estimate of drug-likeness (QED) is 0.805. The van der Waals surface area contributed by atoms with Crippen molar-refractivity contribution in [2.75, 3.05) is 0 Å². The van der Waals surface area contributed by atoms with Crippen molar-refractivity contribution < 1.29 is 0 Å². The van der Waals surface area contributed by atoms with Crippen molar-refractivity contribution in [3.8, 4) is 0 Å². The van der Waals surface area contributed by atoms with Crippen LogP contribution in [0.4, 0.5) is 0 Å². The van der Waals surface area contributed by atoms with Crippen LogP contribution in [0.5, 0.6) is 0 Å². The summed E-state index contributed by atoms with van der Waals surface area (Å²) in [5, 5.41) is 11.5. The Bertz CT molecular complexity index is 346. The molecule has 3 atom stereocenters. The average molecular weight is 206 g/mol. The average Bonchev–Trinajstić information content (AvgIpc) is 2.90. The van der Waals surface area contributed by atoms with Crippen LogP contribution in [0.25, 0.3) is 0 Å². The molecule has 0 saturated heterocycles. The van der Waals surface area contributed by atoms with Crippen molar-refractivity contribution in [3.63, 3.8) is 0 Å². The number of nitrogens with zero attached hydrogens (tertiary/aromatic N) is 3. The summed E-state index contributed by atoms with van der Waals surface area (Å²) in [5.41, 5.74) is 1.18. The van der Waals surface area contributed by atoms with Crippen molar-refractivity contribution in [1.82, 2.24) is 20.3 Å². The van der Waals surface area contributed by atoms with Crippen molar-refractivity contribution in [1.29, 1.82) is 0 Å². The maximum Gasteiger partial charge on any atom is 0.0738 e. The summed E-state index contributed by atoms with van der Waals surface area (Å²) < 4.78 is 1.85. The lowest BCUT2D eigenvalue weighted by Crippen LogP contribution is -2.33. The maximum atomic E-state index is 3.94. The van der Waals surface area contributed by atoms with Crippen LogP contribution in [0.3, 0.4) is 0 Å². The number of hydrogen-bond acceptors (Lipinski definition) is 3. The van der Waals surface area contributed by atoms with Gasteiger partial charge in [0, 0.05) is 19.6 Å². The van der Waals surface area contributed by atoms with E-state index >= 15 is 0 Å². The Morgan fingerprint density at radius 3 is 3.00 bits per heavy atom. The van der Waals surface area contributed by atoms with Crippen molar-refractivity contribution >= 4 is 0 Å². The highest BCUT2D eigenvalue weighted by molar-refractivity contribution is 4.98. The minimum absolute atomic E-state index is 0.749. The Balaban J connectivity index is 1.57. The standard InChI is InChI=1S/C11H18N4/c1-15-10(7-13-14-15)6-12-11-5-8-2-3-9(11)4-8/h7-9,11-12H,2-6H2,1H3. The molecule has 1 aromatic rings. The molecule has 0 radical (unpaired) electrons. The predicted octanol–water partition coefficient (Wildman–Crippen LogP) is 1.09. The molecule has 3 unspecified atom stereocenters. The first kappa shape index (κ1) is 9.33. The third-order valence-corrected chi connectivity index (χ3v) is 4.09. The fourth-order valence-corrected chi connectivity index (χ4v) is 3.20. The van der Waals surface area contributed by atoms with Crippen molar-refractivity contribution in [2.45, 2.75) is 38.3 Å². The van der Waals surface area contributed by atoms with Crippen LogP contribution < -0.4 is 5.32 Å². The van der Waals surface area contributed by atoms with E-state index in [1.54, 1.807) is 0 Å². The van der Waals surface area contributed by atoms with Gasteiger partial charge in [0.2, 0.25) is 0 Å². The molecule has 4 heteroatoms. The SMILES string of the molecule is Cn1nncc1CNC1CC2CCC1C2. The Labute approximate surface area is 90.0 Å². The summed E-state index contributed by atoms with van der Waals surface area (Å²) >= 11 is 0. The summed E-state index contributed by atoms with van der Waals surface area (Å²) in [4.78, 5) is 0. The molecule has 2 saturated carbocycles. The van der Waals surface area contributed by atoms with Gasteiger partial charge in [-0.15, -0.1) is 5.10 Å². The zero-order valence-corrected chi connectivity index (χ0v) is 9.19. The molecule has 0 amide bonds. The van der Waals surface area contributed by atoms with E-state index in [1.807, 2.05) is 17.9 Å². The molecule has 1 heterocycles. The minimum atomic E-state index is 0.749. The van der Waals surface area contributed by atoms with Gasteiger partial charge < -0.3 is 5.32 Å². The van der Waals surface area contributed by atoms with Gasteiger partial charge in [-0.25, -0.2) is 0 Å². The van der Waals surface area contributed by atoms with Crippen LogP contribution in [0.2, 0.25) is 0 Å². The highest BCUT2D eigenvalue weighted by atomic mass is 15.4. The highest BCUT2D eigenvalue weighted by Gasteiger charge is 2.38. The smallest absolute Gasteiger partial charge is 0.0738 e. The Kier molecular flexibility index (Phi) is 2.24. The second-order valence-electron chi connectivity index (χ2n) is 5.01. The van der Waals surface area contributed by atoms with Gasteiger partial charge in [-0.3, -0.25) is 4.68 Å². The van der Waals surface area contributed by atoms with Gasteiger partial charge in [-0.1, -0.05) is 11.6 Å². The van der Waals surface area contributed by atoms with Crippen LogP contribution in [0.1, 0.15) is 31.4 Å². The molecule has 1 aromatic heterocycles. The van der Waals surface area contributed by atoms with Crippen molar-refractivity contribution in [3.05, 3.63) is 11.9 Å². The van der Waals surface area contributed by atoms with Gasteiger partial charge in [0.1, 0.15) is 0 Å². The van der Waals surface area contributed by atoms with Gasteiger partial charge in [0.15, 0.2) is 0 Å². The third kappa shape index (κ3) is 1.67. The van der Waals surface area contributed by atoms with Gasteiger partial charge >= 0.3 is 0 Å². The number of fused-ring (bicyclic) bond motifs is 2. The van der Waals surface area contributed by atoms with E-state index in [9.17, 15) is 0 Å².